The summed E-state index contributed by atoms with van der Waals surface area (Å²) in [7, 11) is 0. The van der Waals surface area contributed by atoms with Crippen LogP contribution in [0.15, 0.2) is 60.2 Å². The molecule has 2 aromatic rings. The van der Waals surface area contributed by atoms with Gasteiger partial charge < -0.3 is 14.2 Å². The van der Waals surface area contributed by atoms with Crippen LogP contribution in [0, 0.1) is 0 Å². The Bertz CT molecular complexity index is 766. The topological polar surface area (TPSA) is 61.8 Å². The van der Waals surface area contributed by atoms with Gasteiger partial charge in [0, 0.05) is 13.8 Å². The number of benzene rings is 2. The van der Waals surface area contributed by atoms with E-state index in [4.69, 9.17) is 14.2 Å². The number of carbonyl (C=O) groups excluding carboxylic acids is 2. The number of carbonyl (C=O) groups is 2. The van der Waals surface area contributed by atoms with Gasteiger partial charge in [-0.2, -0.15) is 0 Å². The van der Waals surface area contributed by atoms with E-state index in [0.717, 1.165) is 5.75 Å². The molecule has 1 heterocycles. The molecule has 0 amide bonds. The molecule has 0 aliphatic carbocycles. The molecule has 0 aromatic heterocycles. The summed E-state index contributed by atoms with van der Waals surface area (Å²) < 4.78 is 15.8. The summed E-state index contributed by atoms with van der Waals surface area (Å²) >= 11 is 0. The Kier molecular flexibility index (Phi) is 4.08. The standard InChI is InChI=1S/C19H16O5/c1-19(2)23-17(20)16(18(21)24-19)12-13-8-10-15(11-9-13)22-14-6-4-3-5-7-14/h3-12H,1-2H3. The van der Waals surface area contributed by atoms with Gasteiger partial charge in [0.15, 0.2) is 0 Å². The van der Waals surface area contributed by atoms with Crippen LogP contribution in [0.5, 0.6) is 11.5 Å². The fraction of sp³-hybridized carbons (Fsp3) is 0.158. The lowest BCUT2D eigenvalue weighted by Gasteiger charge is -2.29. The number of hydrogen-bond donors (Lipinski definition) is 0. The molecule has 1 aliphatic heterocycles. The quantitative estimate of drug-likeness (QED) is 0.489. The Morgan fingerprint density at radius 3 is 1.96 bits per heavy atom. The maximum Gasteiger partial charge on any atom is 0.348 e. The molecular weight excluding hydrogens is 308 g/mol. The molecule has 5 heteroatoms. The van der Waals surface area contributed by atoms with E-state index in [1.165, 1.54) is 19.9 Å². The summed E-state index contributed by atoms with van der Waals surface area (Å²) in [5.74, 6) is -1.25. The highest BCUT2D eigenvalue weighted by molar-refractivity contribution is 6.18. The van der Waals surface area contributed by atoms with E-state index in [1.54, 1.807) is 24.3 Å². The van der Waals surface area contributed by atoms with Crippen molar-refractivity contribution in [2.45, 2.75) is 19.6 Å². The Morgan fingerprint density at radius 2 is 1.38 bits per heavy atom. The Hall–Kier alpha value is -3.08. The molecule has 2 aromatic carbocycles. The number of esters is 2. The smallest absolute Gasteiger partial charge is 0.348 e. The first-order chi connectivity index (χ1) is 11.4. The number of rotatable bonds is 3. The highest BCUT2D eigenvalue weighted by Crippen LogP contribution is 2.25. The van der Waals surface area contributed by atoms with Crippen molar-refractivity contribution in [3.63, 3.8) is 0 Å². The third-order valence-electron chi connectivity index (χ3n) is 3.29. The third-order valence-corrected chi connectivity index (χ3v) is 3.29. The Labute approximate surface area is 139 Å². The fourth-order valence-electron chi connectivity index (χ4n) is 2.20. The van der Waals surface area contributed by atoms with Gasteiger partial charge in [0.1, 0.15) is 17.1 Å². The Morgan fingerprint density at radius 1 is 0.833 bits per heavy atom. The number of ether oxygens (including phenoxy) is 3. The van der Waals surface area contributed by atoms with Gasteiger partial charge in [0.05, 0.1) is 0 Å². The molecule has 0 saturated carbocycles. The second-order valence-electron chi connectivity index (χ2n) is 5.72. The van der Waals surface area contributed by atoms with Gasteiger partial charge in [0.2, 0.25) is 0 Å². The Balaban J connectivity index is 1.76. The van der Waals surface area contributed by atoms with Crippen LogP contribution in [0.3, 0.4) is 0 Å². The maximum atomic E-state index is 11.9. The van der Waals surface area contributed by atoms with E-state index < -0.39 is 17.7 Å². The van der Waals surface area contributed by atoms with Gasteiger partial charge in [-0.25, -0.2) is 9.59 Å². The van der Waals surface area contributed by atoms with Gasteiger partial charge in [-0.15, -0.1) is 0 Å². The lowest BCUT2D eigenvalue weighted by atomic mass is 10.1. The van der Waals surface area contributed by atoms with Gasteiger partial charge >= 0.3 is 11.9 Å². The van der Waals surface area contributed by atoms with Crippen molar-refractivity contribution in [1.29, 1.82) is 0 Å². The normalized spacial score (nSPS) is 16.2. The lowest BCUT2D eigenvalue weighted by Crippen LogP contribution is -2.41. The SMILES string of the molecule is CC1(C)OC(=O)C(=Cc2ccc(Oc3ccccc3)cc2)C(=O)O1. The summed E-state index contributed by atoms with van der Waals surface area (Å²) in [6.07, 6.45) is 1.44. The van der Waals surface area contributed by atoms with Crippen LogP contribution in [0.1, 0.15) is 19.4 Å². The van der Waals surface area contributed by atoms with E-state index in [2.05, 4.69) is 0 Å². The number of hydrogen-bond acceptors (Lipinski definition) is 5. The largest absolute Gasteiger partial charge is 0.457 e. The summed E-state index contributed by atoms with van der Waals surface area (Å²) in [5, 5.41) is 0. The minimum atomic E-state index is -1.24. The van der Waals surface area contributed by atoms with E-state index >= 15 is 0 Å². The predicted octanol–water partition coefficient (Wildman–Crippen LogP) is 3.70. The highest BCUT2D eigenvalue weighted by atomic mass is 16.7. The monoisotopic (exact) mass is 324 g/mol. The molecule has 0 N–H and O–H groups in total. The summed E-state index contributed by atoms with van der Waals surface area (Å²) in [5.41, 5.74) is 0.532. The first-order valence-corrected chi connectivity index (χ1v) is 7.44. The zero-order valence-electron chi connectivity index (χ0n) is 13.3. The van der Waals surface area contributed by atoms with Gasteiger partial charge in [0.25, 0.3) is 5.79 Å². The summed E-state index contributed by atoms with van der Waals surface area (Å²) in [4.78, 5) is 23.8. The van der Waals surface area contributed by atoms with Crippen molar-refractivity contribution in [2.24, 2.45) is 0 Å². The molecule has 0 bridgehead atoms. The molecule has 1 aliphatic rings. The molecule has 0 unspecified atom stereocenters. The van der Waals surface area contributed by atoms with E-state index in [9.17, 15) is 9.59 Å². The van der Waals surface area contributed by atoms with Crippen molar-refractivity contribution < 1.29 is 23.8 Å². The van der Waals surface area contributed by atoms with Crippen LogP contribution >= 0.6 is 0 Å². The number of para-hydroxylation sites is 1. The fourth-order valence-corrected chi connectivity index (χ4v) is 2.20. The molecule has 3 rings (SSSR count). The zero-order valence-corrected chi connectivity index (χ0v) is 13.3. The summed E-state index contributed by atoms with van der Waals surface area (Å²) in [6, 6.07) is 16.4. The molecule has 122 valence electrons. The van der Waals surface area contributed by atoms with Crippen molar-refractivity contribution in [3.8, 4) is 11.5 Å². The zero-order chi connectivity index (χ0) is 17.2. The van der Waals surface area contributed by atoms with Crippen LogP contribution in [0.25, 0.3) is 6.08 Å². The third kappa shape index (κ3) is 3.63. The van der Waals surface area contributed by atoms with Crippen molar-refractivity contribution in [3.05, 3.63) is 65.7 Å². The molecule has 1 saturated heterocycles. The maximum absolute atomic E-state index is 11.9. The molecule has 0 atom stereocenters. The molecule has 5 nitrogen and oxygen atoms in total. The molecule has 1 fully saturated rings. The first kappa shape index (κ1) is 15.8. The first-order valence-electron chi connectivity index (χ1n) is 7.44. The van der Waals surface area contributed by atoms with Crippen LogP contribution in [0.4, 0.5) is 0 Å². The molecule has 0 spiro atoms. The minimum Gasteiger partial charge on any atom is -0.457 e. The second-order valence-corrected chi connectivity index (χ2v) is 5.72. The average molecular weight is 324 g/mol. The van der Waals surface area contributed by atoms with Crippen molar-refractivity contribution >= 4 is 18.0 Å². The van der Waals surface area contributed by atoms with Gasteiger partial charge in [-0.05, 0) is 35.9 Å². The van der Waals surface area contributed by atoms with Crippen LogP contribution in [-0.2, 0) is 19.1 Å². The average Bonchev–Trinajstić information content (AvgIpc) is 2.53. The van der Waals surface area contributed by atoms with Gasteiger partial charge in [-0.3, -0.25) is 0 Å². The van der Waals surface area contributed by atoms with Crippen molar-refractivity contribution in [2.75, 3.05) is 0 Å². The molecular formula is C19H16O5. The highest BCUT2D eigenvalue weighted by Gasteiger charge is 2.38. The van der Waals surface area contributed by atoms with Crippen LogP contribution < -0.4 is 4.74 Å². The van der Waals surface area contributed by atoms with Crippen molar-refractivity contribution in [1.82, 2.24) is 0 Å². The molecule has 0 radical (unpaired) electrons. The second kappa shape index (κ2) is 6.20. The van der Waals surface area contributed by atoms with Gasteiger partial charge in [-0.1, -0.05) is 30.3 Å². The predicted molar refractivity (Wildman–Crippen MR) is 87.2 cm³/mol. The summed E-state index contributed by atoms with van der Waals surface area (Å²) in [6.45, 7) is 3.02. The van der Waals surface area contributed by atoms with Crippen LogP contribution in [0.2, 0.25) is 0 Å². The van der Waals surface area contributed by atoms with E-state index in [0.29, 0.717) is 11.3 Å². The molecule has 24 heavy (non-hydrogen) atoms. The number of cyclic esters (lactones) is 2. The lowest BCUT2D eigenvalue weighted by molar-refractivity contribution is -0.222. The minimum absolute atomic E-state index is 0.133. The van der Waals surface area contributed by atoms with Crippen LogP contribution in [-0.4, -0.2) is 17.7 Å². The van der Waals surface area contributed by atoms with E-state index in [-0.39, 0.29) is 5.57 Å². The van der Waals surface area contributed by atoms with E-state index in [1.807, 2.05) is 30.3 Å².